The Morgan fingerprint density at radius 2 is 1.62 bits per heavy atom. The molecule has 7 nitrogen and oxygen atoms in total. The van der Waals surface area contributed by atoms with E-state index in [0.29, 0.717) is 29.8 Å². The molecule has 0 atom stereocenters. The van der Waals surface area contributed by atoms with Crippen LogP contribution >= 0.6 is 0 Å². The van der Waals surface area contributed by atoms with Gasteiger partial charge in [-0.1, -0.05) is 30.3 Å². The predicted octanol–water partition coefficient (Wildman–Crippen LogP) is 4.86. The van der Waals surface area contributed by atoms with Gasteiger partial charge in [0.2, 0.25) is 5.91 Å². The van der Waals surface area contributed by atoms with Gasteiger partial charge in [0.05, 0.1) is 6.61 Å². The van der Waals surface area contributed by atoms with Gasteiger partial charge in [-0.15, -0.1) is 0 Å². The summed E-state index contributed by atoms with van der Waals surface area (Å²) in [7, 11) is 0. The van der Waals surface area contributed by atoms with E-state index in [9.17, 15) is 18.8 Å². The fourth-order valence-corrected chi connectivity index (χ4v) is 3.08. The Hall–Kier alpha value is -4.20. The van der Waals surface area contributed by atoms with Crippen molar-refractivity contribution in [1.82, 2.24) is 5.32 Å². The topological polar surface area (TPSA) is 93.7 Å². The second kappa shape index (κ2) is 12.2. The van der Waals surface area contributed by atoms with Crippen molar-refractivity contribution in [2.45, 2.75) is 26.3 Å². The van der Waals surface area contributed by atoms with Gasteiger partial charge in [-0.2, -0.15) is 0 Å². The van der Waals surface area contributed by atoms with Crippen LogP contribution in [0.3, 0.4) is 0 Å². The quantitative estimate of drug-likeness (QED) is 0.348. The van der Waals surface area contributed by atoms with Gasteiger partial charge in [-0.25, -0.2) is 9.18 Å². The summed E-state index contributed by atoms with van der Waals surface area (Å²) < 4.78 is 23.3. The van der Waals surface area contributed by atoms with E-state index in [1.165, 1.54) is 18.2 Å². The molecule has 0 saturated carbocycles. The number of aryl methyl sites for hydroxylation is 1. The maximum atomic E-state index is 13.7. The fourth-order valence-electron chi connectivity index (χ4n) is 3.08. The number of hydrogen-bond acceptors (Lipinski definition) is 5. The van der Waals surface area contributed by atoms with E-state index >= 15 is 0 Å². The van der Waals surface area contributed by atoms with Crippen LogP contribution in [0, 0.1) is 5.82 Å². The summed E-state index contributed by atoms with van der Waals surface area (Å²) in [4.78, 5) is 35.8. The van der Waals surface area contributed by atoms with Crippen LogP contribution in [0.1, 0.15) is 34.8 Å². The normalized spacial score (nSPS) is 10.3. The van der Waals surface area contributed by atoms with Gasteiger partial charge >= 0.3 is 6.16 Å². The molecule has 0 aliphatic carbocycles. The average Bonchev–Trinajstić information content (AvgIpc) is 2.83. The SMILES string of the molecule is CCOC(=O)Oc1ccc(C(=O)NCc2ccc(NC(=O)CCc3ccccc3F)cc2)cc1. The van der Waals surface area contributed by atoms with Crippen molar-refractivity contribution in [2.24, 2.45) is 0 Å². The van der Waals surface area contributed by atoms with Gasteiger partial charge in [-0.05, 0) is 66.9 Å². The molecule has 0 spiro atoms. The molecule has 176 valence electrons. The zero-order valence-electron chi connectivity index (χ0n) is 18.7. The zero-order valence-corrected chi connectivity index (χ0v) is 18.7. The maximum absolute atomic E-state index is 13.7. The van der Waals surface area contributed by atoms with Gasteiger partial charge in [0.1, 0.15) is 11.6 Å². The molecular formula is C26H25FN2O5. The van der Waals surface area contributed by atoms with Crippen molar-refractivity contribution in [2.75, 3.05) is 11.9 Å². The molecule has 0 bridgehead atoms. The number of carbonyl (C=O) groups is 3. The highest BCUT2D eigenvalue weighted by molar-refractivity contribution is 5.94. The van der Waals surface area contributed by atoms with Gasteiger partial charge in [0.25, 0.3) is 5.91 Å². The van der Waals surface area contributed by atoms with Crippen molar-refractivity contribution < 1.29 is 28.2 Å². The van der Waals surface area contributed by atoms with E-state index in [1.807, 2.05) is 0 Å². The molecule has 0 heterocycles. The molecule has 3 aromatic rings. The third kappa shape index (κ3) is 7.44. The van der Waals surface area contributed by atoms with Gasteiger partial charge < -0.3 is 20.1 Å². The van der Waals surface area contributed by atoms with Crippen LogP contribution in [-0.2, 0) is 22.5 Å². The summed E-state index contributed by atoms with van der Waals surface area (Å²) in [5.74, 6) is -0.530. The molecule has 0 fully saturated rings. The Morgan fingerprint density at radius 3 is 2.29 bits per heavy atom. The van der Waals surface area contributed by atoms with Crippen molar-refractivity contribution >= 4 is 23.7 Å². The minimum atomic E-state index is -0.801. The average molecular weight is 464 g/mol. The van der Waals surface area contributed by atoms with Crippen LogP contribution in [0.2, 0.25) is 0 Å². The summed E-state index contributed by atoms with van der Waals surface area (Å²) in [6.45, 7) is 2.18. The Balaban J connectivity index is 1.44. The van der Waals surface area contributed by atoms with E-state index in [4.69, 9.17) is 9.47 Å². The lowest BCUT2D eigenvalue weighted by Gasteiger charge is -2.09. The first kappa shape index (κ1) is 24.4. The number of ether oxygens (including phenoxy) is 2. The van der Waals surface area contributed by atoms with Crippen LogP contribution in [-0.4, -0.2) is 24.6 Å². The van der Waals surface area contributed by atoms with E-state index in [1.54, 1.807) is 61.5 Å². The Morgan fingerprint density at radius 1 is 0.912 bits per heavy atom. The minimum absolute atomic E-state index is 0.169. The number of carbonyl (C=O) groups excluding carboxylic acids is 3. The number of nitrogens with one attached hydrogen (secondary N) is 2. The van der Waals surface area contributed by atoms with Crippen molar-refractivity contribution in [3.63, 3.8) is 0 Å². The highest BCUT2D eigenvalue weighted by atomic mass is 19.1. The molecule has 3 rings (SSSR count). The molecule has 2 N–H and O–H groups in total. The number of anilines is 1. The zero-order chi connectivity index (χ0) is 24.3. The van der Waals surface area contributed by atoms with E-state index in [-0.39, 0.29) is 36.4 Å². The van der Waals surface area contributed by atoms with E-state index < -0.39 is 6.16 Å². The Labute approximate surface area is 196 Å². The number of rotatable bonds is 9. The first-order chi connectivity index (χ1) is 16.4. The molecule has 0 aliphatic heterocycles. The molecule has 3 aromatic carbocycles. The molecule has 0 aromatic heterocycles. The lowest BCUT2D eigenvalue weighted by atomic mass is 10.1. The van der Waals surface area contributed by atoms with Crippen molar-refractivity contribution in [3.05, 3.63) is 95.3 Å². The highest BCUT2D eigenvalue weighted by Gasteiger charge is 2.09. The Kier molecular flexibility index (Phi) is 8.73. The third-order valence-corrected chi connectivity index (χ3v) is 4.85. The predicted molar refractivity (Wildman–Crippen MR) is 125 cm³/mol. The molecule has 34 heavy (non-hydrogen) atoms. The van der Waals surface area contributed by atoms with Crippen LogP contribution in [0.4, 0.5) is 14.9 Å². The van der Waals surface area contributed by atoms with Crippen LogP contribution in [0.5, 0.6) is 5.75 Å². The maximum Gasteiger partial charge on any atom is 0.513 e. The number of hydrogen-bond donors (Lipinski definition) is 2. The molecule has 0 aliphatic rings. The molecule has 0 unspecified atom stereocenters. The second-order valence-electron chi connectivity index (χ2n) is 7.33. The van der Waals surface area contributed by atoms with Crippen LogP contribution in [0.15, 0.2) is 72.8 Å². The first-order valence-electron chi connectivity index (χ1n) is 10.8. The van der Waals surface area contributed by atoms with E-state index in [0.717, 1.165) is 5.56 Å². The van der Waals surface area contributed by atoms with Crippen LogP contribution < -0.4 is 15.4 Å². The Bertz CT molecular complexity index is 1130. The molecule has 0 saturated heterocycles. The number of amides is 2. The van der Waals surface area contributed by atoms with Crippen molar-refractivity contribution in [3.8, 4) is 5.75 Å². The second-order valence-corrected chi connectivity index (χ2v) is 7.33. The lowest BCUT2D eigenvalue weighted by Crippen LogP contribution is -2.22. The smallest absolute Gasteiger partial charge is 0.434 e. The summed E-state index contributed by atoms with van der Waals surface area (Å²) in [5.41, 5.74) is 2.38. The summed E-state index contributed by atoms with van der Waals surface area (Å²) in [6, 6.07) is 19.6. The summed E-state index contributed by atoms with van der Waals surface area (Å²) >= 11 is 0. The van der Waals surface area contributed by atoms with Crippen molar-refractivity contribution in [1.29, 1.82) is 0 Å². The first-order valence-corrected chi connectivity index (χ1v) is 10.8. The number of benzene rings is 3. The summed E-state index contributed by atoms with van der Waals surface area (Å²) in [6.07, 6.45) is -0.314. The fraction of sp³-hybridized carbons (Fsp3) is 0.192. The standard InChI is InChI=1S/C26H25FN2O5/c1-2-33-26(32)34-22-14-9-20(10-15-22)25(31)28-17-18-7-12-21(13-8-18)29-24(30)16-11-19-5-3-4-6-23(19)27/h3-10,12-15H,2,11,16-17H2,1H3,(H,28,31)(H,29,30). The third-order valence-electron chi connectivity index (χ3n) is 4.85. The van der Waals surface area contributed by atoms with Crippen LogP contribution in [0.25, 0.3) is 0 Å². The van der Waals surface area contributed by atoms with Gasteiger partial charge in [0, 0.05) is 24.2 Å². The summed E-state index contributed by atoms with van der Waals surface area (Å²) in [5, 5.41) is 5.59. The largest absolute Gasteiger partial charge is 0.513 e. The monoisotopic (exact) mass is 464 g/mol. The van der Waals surface area contributed by atoms with Gasteiger partial charge in [0.15, 0.2) is 0 Å². The molecule has 2 amide bonds. The lowest BCUT2D eigenvalue weighted by molar-refractivity contribution is -0.116. The highest BCUT2D eigenvalue weighted by Crippen LogP contribution is 2.15. The minimum Gasteiger partial charge on any atom is -0.434 e. The molecular weight excluding hydrogens is 439 g/mol. The number of halogens is 1. The van der Waals surface area contributed by atoms with E-state index in [2.05, 4.69) is 10.6 Å². The molecule has 0 radical (unpaired) electrons. The van der Waals surface area contributed by atoms with Gasteiger partial charge in [-0.3, -0.25) is 9.59 Å². The molecule has 8 heteroatoms.